The molecule has 2 aromatic rings. The Morgan fingerprint density at radius 3 is 2.52 bits per heavy atom. The van der Waals surface area contributed by atoms with Crippen LogP contribution in [-0.2, 0) is 4.79 Å². The molecule has 3 N–H and O–H groups in total. The molecular weight excluding hydrogens is 318 g/mol. The van der Waals surface area contributed by atoms with Crippen molar-refractivity contribution in [1.82, 2.24) is 5.43 Å². The van der Waals surface area contributed by atoms with Crippen LogP contribution in [0.15, 0.2) is 47.6 Å². The summed E-state index contributed by atoms with van der Waals surface area (Å²) < 4.78 is 0. The molecule has 2 aromatic carbocycles. The Labute approximate surface area is 137 Å². The number of rotatable bonds is 4. The number of phenolic OH excluding ortho intramolecular Hbond substituents is 1. The van der Waals surface area contributed by atoms with E-state index in [4.69, 9.17) is 11.6 Å². The second-order valence-electron chi connectivity index (χ2n) is 4.66. The van der Waals surface area contributed by atoms with Crippen molar-refractivity contribution in [2.45, 2.75) is 6.92 Å². The Morgan fingerprint density at radius 2 is 1.87 bits per heavy atom. The minimum atomic E-state index is -0.419. The van der Waals surface area contributed by atoms with Crippen LogP contribution in [0.25, 0.3) is 0 Å². The Morgan fingerprint density at radius 1 is 1.17 bits per heavy atom. The first-order chi connectivity index (χ1) is 11.0. The number of phenols is 1. The molecule has 7 heteroatoms. The molecule has 6 nitrogen and oxygen atoms in total. The molecule has 0 unspecified atom stereocenters. The van der Waals surface area contributed by atoms with Gasteiger partial charge in [0, 0.05) is 28.8 Å². The van der Waals surface area contributed by atoms with Crippen LogP contribution in [0.5, 0.6) is 5.75 Å². The molecule has 0 radical (unpaired) electrons. The monoisotopic (exact) mass is 331 g/mol. The van der Waals surface area contributed by atoms with Crippen molar-refractivity contribution < 1.29 is 14.7 Å². The standard InChI is InChI=1S/C16H14ClN3O3/c1-10(21)19-14-5-2-11(3-6-14)16(23)20-18-9-12-8-13(17)4-7-15(12)22/h2-9,22H,1H3,(H,19,21)(H,20,23)/b18-9-. The van der Waals surface area contributed by atoms with E-state index in [0.717, 1.165) is 0 Å². The minimum Gasteiger partial charge on any atom is -0.507 e. The third-order valence-corrected chi connectivity index (χ3v) is 3.06. The van der Waals surface area contributed by atoms with Crippen LogP contribution in [0.2, 0.25) is 5.02 Å². The predicted molar refractivity (Wildman–Crippen MR) is 88.9 cm³/mol. The van der Waals surface area contributed by atoms with Gasteiger partial charge >= 0.3 is 0 Å². The number of halogens is 1. The SMILES string of the molecule is CC(=O)Nc1ccc(C(=O)N/N=C\c2cc(Cl)ccc2O)cc1. The van der Waals surface area contributed by atoms with Gasteiger partial charge in [-0.3, -0.25) is 9.59 Å². The first-order valence-corrected chi connectivity index (χ1v) is 7.03. The quantitative estimate of drug-likeness (QED) is 0.594. The number of carbonyl (C=O) groups excluding carboxylic acids is 2. The molecule has 2 amide bonds. The van der Waals surface area contributed by atoms with Crippen LogP contribution >= 0.6 is 11.6 Å². The average molecular weight is 332 g/mol. The van der Waals surface area contributed by atoms with Crippen LogP contribution in [0.1, 0.15) is 22.8 Å². The van der Waals surface area contributed by atoms with E-state index in [9.17, 15) is 14.7 Å². The summed E-state index contributed by atoms with van der Waals surface area (Å²) in [6, 6.07) is 10.9. The van der Waals surface area contributed by atoms with Crippen LogP contribution in [0, 0.1) is 0 Å². The lowest BCUT2D eigenvalue weighted by molar-refractivity contribution is -0.114. The lowest BCUT2D eigenvalue weighted by Gasteiger charge is -2.04. The molecule has 0 bridgehead atoms. The van der Waals surface area contributed by atoms with Crippen LogP contribution < -0.4 is 10.7 Å². The number of hydrogen-bond donors (Lipinski definition) is 3. The number of nitrogens with zero attached hydrogens (tertiary/aromatic N) is 1. The zero-order valence-electron chi connectivity index (χ0n) is 12.2. The highest BCUT2D eigenvalue weighted by Crippen LogP contribution is 2.19. The number of anilines is 1. The Balaban J connectivity index is 2.00. The van der Waals surface area contributed by atoms with Gasteiger partial charge < -0.3 is 10.4 Å². The molecule has 0 aliphatic heterocycles. The van der Waals surface area contributed by atoms with Crippen molar-refractivity contribution in [3.8, 4) is 5.75 Å². The van der Waals surface area contributed by atoms with Gasteiger partial charge in [0.1, 0.15) is 5.75 Å². The van der Waals surface area contributed by atoms with Crippen LogP contribution in [0.3, 0.4) is 0 Å². The first-order valence-electron chi connectivity index (χ1n) is 6.65. The summed E-state index contributed by atoms with van der Waals surface area (Å²) in [5.41, 5.74) is 3.71. The number of aromatic hydroxyl groups is 1. The van der Waals surface area contributed by atoms with E-state index in [1.807, 2.05) is 0 Å². The molecule has 0 aliphatic carbocycles. The van der Waals surface area contributed by atoms with Crippen molar-refractivity contribution in [2.24, 2.45) is 5.10 Å². The highest BCUT2D eigenvalue weighted by atomic mass is 35.5. The molecule has 0 aromatic heterocycles. The summed E-state index contributed by atoms with van der Waals surface area (Å²) in [6.07, 6.45) is 1.30. The molecule has 0 atom stereocenters. The third kappa shape index (κ3) is 4.82. The highest BCUT2D eigenvalue weighted by molar-refractivity contribution is 6.30. The van der Waals surface area contributed by atoms with Gasteiger partial charge in [0.2, 0.25) is 5.91 Å². The number of amides is 2. The molecule has 2 rings (SSSR count). The normalized spacial score (nSPS) is 10.5. The van der Waals surface area contributed by atoms with Crippen molar-refractivity contribution in [3.05, 3.63) is 58.6 Å². The van der Waals surface area contributed by atoms with E-state index in [-0.39, 0.29) is 11.7 Å². The van der Waals surface area contributed by atoms with Crippen molar-refractivity contribution >= 4 is 35.3 Å². The molecule has 0 saturated carbocycles. The van der Waals surface area contributed by atoms with Gasteiger partial charge in [0.25, 0.3) is 5.91 Å². The molecule has 0 aliphatic rings. The van der Waals surface area contributed by atoms with Crippen molar-refractivity contribution in [1.29, 1.82) is 0 Å². The second-order valence-corrected chi connectivity index (χ2v) is 5.10. The van der Waals surface area contributed by atoms with E-state index in [1.165, 1.54) is 25.3 Å². The third-order valence-electron chi connectivity index (χ3n) is 2.83. The van der Waals surface area contributed by atoms with E-state index in [2.05, 4.69) is 15.8 Å². The highest BCUT2D eigenvalue weighted by Gasteiger charge is 2.05. The lowest BCUT2D eigenvalue weighted by atomic mass is 10.2. The second kappa shape index (κ2) is 7.42. The van der Waals surface area contributed by atoms with E-state index >= 15 is 0 Å². The molecule has 0 saturated heterocycles. The van der Waals surface area contributed by atoms with Crippen molar-refractivity contribution in [2.75, 3.05) is 5.32 Å². The smallest absolute Gasteiger partial charge is 0.271 e. The Hall–Kier alpha value is -2.86. The van der Waals surface area contributed by atoms with Gasteiger partial charge in [0.15, 0.2) is 0 Å². The maximum absolute atomic E-state index is 11.9. The minimum absolute atomic E-state index is 0.00654. The maximum atomic E-state index is 11.9. The fourth-order valence-corrected chi connectivity index (χ4v) is 1.94. The Kier molecular flexibility index (Phi) is 5.32. The van der Waals surface area contributed by atoms with Gasteiger partial charge in [-0.2, -0.15) is 5.10 Å². The summed E-state index contributed by atoms with van der Waals surface area (Å²) in [4.78, 5) is 22.8. The molecule has 0 heterocycles. The predicted octanol–water partition coefficient (Wildman–Crippen LogP) is 2.77. The summed E-state index contributed by atoms with van der Waals surface area (Å²) in [6.45, 7) is 1.40. The van der Waals surface area contributed by atoms with Gasteiger partial charge in [-0.15, -0.1) is 0 Å². The average Bonchev–Trinajstić information content (AvgIpc) is 2.50. The largest absolute Gasteiger partial charge is 0.507 e. The van der Waals surface area contributed by atoms with E-state index in [1.54, 1.807) is 30.3 Å². The first kappa shape index (κ1) is 16.5. The van der Waals surface area contributed by atoms with Crippen LogP contribution in [0.4, 0.5) is 5.69 Å². The van der Waals surface area contributed by atoms with Crippen molar-refractivity contribution in [3.63, 3.8) is 0 Å². The van der Waals surface area contributed by atoms with Gasteiger partial charge in [-0.1, -0.05) is 11.6 Å². The van der Waals surface area contributed by atoms with E-state index < -0.39 is 5.91 Å². The summed E-state index contributed by atoms with van der Waals surface area (Å²) in [5.74, 6) is -0.600. The topological polar surface area (TPSA) is 90.8 Å². The van der Waals surface area contributed by atoms with Crippen LogP contribution in [-0.4, -0.2) is 23.1 Å². The maximum Gasteiger partial charge on any atom is 0.271 e. The fourth-order valence-electron chi connectivity index (χ4n) is 1.76. The zero-order chi connectivity index (χ0) is 16.8. The molecule has 23 heavy (non-hydrogen) atoms. The summed E-state index contributed by atoms with van der Waals surface area (Å²) in [7, 11) is 0. The molecule has 0 spiro atoms. The molecule has 0 fully saturated rings. The van der Waals surface area contributed by atoms with Gasteiger partial charge in [0.05, 0.1) is 6.21 Å². The zero-order valence-corrected chi connectivity index (χ0v) is 13.0. The molecule has 118 valence electrons. The van der Waals surface area contributed by atoms with Gasteiger partial charge in [-0.05, 0) is 42.5 Å². The Bertz CT molecular complexity index is 758. The molecular formula is C16H14ClN3O3. The number of hydrogen-bond acceptors (Lipinski definition) is 4. The number of hydrazone groups is 1. The van der Waals surface area contributed by atoms with Gasteiger partial charge in [-0.25, -0.2) is 5.43 Å². The summed E-state index contributed by atoms with van der Waals surface area (Å²) >= 11 is 5.81. The number of benzene rings is 2. The lowest BCUT2D eigenvalue weighted by Crippen LogP contribution is -2.17. The van der Waals surface area contributed by atoms with E-state index in [0.29, 0.717) is 21.8 Å². The number of carbonyl (C=O) groups is 2. The number of nitrogens with one attached hydrogen (secondary N) is 2. The summed E-state index contributed by atoms with van der Waals surface area (Å²) in [5, 5.41) is 16.5. The fraction of sp³-hybridized carbons (Fsp3) is 0.0625.